The Morgan fingerprint density at radius 2 is 1.72 bits per heavy atom. The van der Waals surface area contributed by atoms with Crippen LogP contribution in [0.4, 0.5) is 0 Å². The minimum atomic E-state index is -0.0730. The van der Waals surface area contributed by atoms with Crippen LogP contribution in [0.1, 0.15) is 83.2 Å². The van der Waals surface area contributed by atoms with Gasteiger partial charge in [-0.25, -0.2) is 0 Å². The van der Waals surface area contributed by atoms with Crippen LogP contribution < -0.4 is 4.74 Å². The Kier molecular flexibility index (Phi) is 10.3. The smallest absolute Gasteiger partial charge is 0.223 e. The van der Waals surface area contributed by atoms with Crippen molar-refractivity contribution in [2.75, 3.05) is 13.7 Å². The summed E-state index contributed by atoms with van der Waals surface area (Å²) in [6, 6.07) is 16.5. The topological polar surface area (TPSA) is 45.3 Å². The summed E-state index contributed by atoms with van der Waals surface area (Å²) in [5, 5.41) is 1.27. The molecule has 0 saturated heterocycles. The van der Waals surface area contributed by atoms with Gasteiger partial charge in [0.15, 0.2) is 0 Å². The number of fused-ring (bicyclic) bond motifs is 3. The first kappa shape index (κ1) is 25.5. The van der Waals surface area contributed by atoms with E-state index in [9.17, 15) is 4.79 Å². The predicted octanol–water partition coefficient (Wildman–Crippen LogP) is 7.28. The zero-order chi connectivity index (χ0) is 23.5. The van der Waals surface area contributed by atoms with Gasteiger partial charge in [-0.2, -0.15) is 0 Å². The van der Waals surface area contributed by atoms with Crippen LogP contribution in [0, 0.1) is 0 Å². The van der Waals surface area contributed by atoms with Gasteiger partial charge in [-0.15, -0.1) is 0 Å². The van der Waals surface area contributed by atoms with Crippen LogP contribution in [-0.4, -0.2) is 29.4 Å². The van der Waals surface area contributed by atoms with E-state index in [-0.39, 0.29) is 11.9 Å². The van der Waals surface area contributed by atoms with Crippen molar-refractivity contribution in [1.29, 1.82) is 0 Å². The molecule has 4 heteroatoms. The van der Waals surface area contributed by atoms with Gasteiger partial charge >= 0.3 is 0 Å². The van der Waals surface area contributed by atoms with E-state index in [0.29, 0.717) is 6.42 Å². The highest BCUT2D eigenvalue weighted by Gasteiger charge is 2.34. The second kappa shape index (κ2) is 12.9. The molecule has 0 fully saturated rings. The Morgan fingerprint density at radius 3 is 2.38 bits per heavy atom. The average molecular weight is 437 g/mol. The summed E-state index contributed by atoms with van der Waals surface area (Å²) in [7, 11) is 1.68. The van der Waals surface area contributed by atoms with Crippen molar-refractivity contribution in [2.24, 2.45) is 0 Å². The van der Waals surface area contributed by atoms with Gasteiger partial charge in [0.05, 0.1) is 13.2 Å². The fourth-order valence-corrected chi connectivity index (χ4v) is 4.31. The predicted molar refractivity (Wildman–Crippen MR) is 135 cm³/mol. The van der Waals surface area contributed by atoms with Gasteiger partial charge in [-0.3, -0.25) is 4.79 Å². The van der Waals surface area contributed by atoms with Crippen molar-refractivity contribution >= 4 is 16.8 Å². The van der Waals surface area contributed by atoms with E-state index < -0.39 is 0 Å². The van der Waals surface area contributed by atoms with Crippen LogP contribution in [0.5, 0.6) is 5.75 Å². The summed E-state index contributed by atoms with van der Waals surface area (Å²) in [6.45, 7) is 10.9. The van der Waals surface area contributed by atoms with Gasteiger partial charge < -0.3 is 14.6 Å². The molecule has 1 aliphatic heterocycles. The fraction of sp³-hybridized carbons (Fsp3) is 0.464. The number of benzene rings is 2. The SMILES string of the molecule is CC.CC.CCCCCC(=O)N1CCc2c([nH]c3ccccc23)C1c1ccc(OC)cc1. The quantitative estimate of drug-likeness (QED) is 0.413. The van der Waals surface area contributed by atoms with Gasteiger partial charge in [0.2, 0.25) is 5.91 Å². The molecule has 1 unspecified atom stereocenters. The third-order valence-electron chi connectivity index (χ3n) is 5.78. The van der Waals surface area contributed by atoms with E-state index in [0.717, 1.165) is 54.8 Å². The number of hydrogen-bond donors (Lipinski definition) is 1. The second-order valence-electron chi connectivity index (χ2n) is 7.53. The Morgan fingerprint density at radius 1 is 1.03 bits per heavy atom. The lowest BCUT2D eigenvalue weighted by atomic mass is 9.92. The molecule has 4 nitrogen and oxygen atoms in total. The maximum atomic E-state index is 13.1. The molecule has 0 radical (unpaired) electrons. The molecule has 0 bridgehead atoms. The van der Waals surface area contributed by atoms with Crippen LogP contribution in [0.25, 0.3) is 10.9 Å². The first-order chi connectivity index (χ1) is 15.7. The minimum Gasteiger partial charge on any atom is -0.497 e. The number of aromatic amines is 1. The first-order valence-electron chi connectivity index (χ1n) is 12.3. The lowest BCUT2D eigenvalue weighted by Gasteiger charge is -2.36. The standard InChI is InChI=1S/C24H28N2O2.2C2H6/c1-3-4-5-10-22(27)26-16-15-20-19-8-6-7-9-21(19)25-23(20)24(26)17-11-13-18(28-2)14-12-17;2*1-2/h6-9,11-14,24-25H,3-5,10,15-16H2,1-2H3;2*1-2H3. The van der Waals surface area contributed by atoms with Gasteiger partial charge in [-0.05, 0) is 42.2 Å². The Balaban J connectivity index is 0.000000860. The highest BCUT2D eigenvalue weighted by Crippen LogP contribution is 2.39. The largest absolute Gasteiger partial charge is 0.497 e. The molecular formula is C28H40N2O2. The molecule has 174 valence electrons. The molecule has 0 saturated carbocycles. The summed E-state index contributed by atoms with van der Waals surface area (Å²) >= 11 is 0. The van der Waals surface area contributed by atoms with E-state index in [2.05, 4.69) is 53.2 Å². The molecule has 2 heterocycles. The van der Waals surface area contributed by atoms with Crippen molar-refractivity contribution < 1.29 is 9.53 Å². The lowest BCUT2D eigenvalue weighted by Crippen LogP contribution is -2.40. The van der Waals surface area contributed by atoms with Gasteiger partial charge in [0, 0.05) is 29.6 Å². The minimum absolute atomic E-state index is 0.0730. The van der Waals surface area contributed by atoms with Gasteiger partial charge in [0.25, 0.3) is 0 Å². The Hall–Kier alpha value is -2.75. The van der Waals surface area contributed by atoms with Crippen LogP contribution >= 0.6 is 0 Å². The average Bonchev–Trinajstić information content (AvgIpc) is 3.25. The summed E-state index contributed by atoms with van der Waals surface area (Å²) < 4.78 is 5.33. The number of rotatable bonds is 6. The van der Waals surface area contributed by atoms with Gasteiger partial charge in [-0.1, -0.05) is 77.8 Å². The molecule has 1 aliphatic rings. The summed E-state index contributed by atoms with van der Waals surface area (Å²) in [6.07, 6.45) is 4.70. The number of amides is 1. The Labute approximate surface area is 194 Å². The van der Waals surface area contributed by atoms with E-state index in [1.807, 2.05) is 39.8 Å². The molecule has 1 aromatic heterocycles. The summed E-state index contributed by atoms with van der Waals surface area (Å²) in [4.78, 5) is 18.8. The molecular weight excluding hydrogens is 396 g/mol. The lowest BCUT2D eigenvalue weighted by molar-refractivity contribution is -0.133. The van der Waals surface area contributed by atoms with E-state index in [4.69, 9.17) is 4.74 Å². The summed E-state index contributed by atoms with van der Waals surface area (Å²) in [5.41, 5.74) is 4.76. The number of para-hydroxylation sites is 1. The zero-order valence-corrected chi connectivity index (χ0v) is 20.7. The molecule has 0 aliphatic carbocycles. The monoisotopic (exact) mass is 436 g/mol. The normalized spacial score (nSPS) is 14.6. The van der Waals surface area contributed by atoms with Gasteiger partial charge in [0.1, 0.15) is 5.75 Å². The van der Waals surface area contributed by atoms with Crippen molar-refractivity contribution in [3.63, 3.8) is 0 Å². The molecule has 4 rings (SSSR count). The number of carbonyl (C=O) groups excluding carboxylic acids is 1. The number of unbranched alkanes of at least 4 members (excludes halogenated alkanes) is 2. The number of aromatic nitrogens is 1. The zero-order valence-electron chi connectivity index (χ0n) is 20.7. The number of methoxy groups -OCH3 is 1. The van der Waals surface area contributed by atoms with E-state index >= 15 is 0 Å². The molecule has 32 heavy (non-hydrogen) atoms. The van der Waals surface area contributed by atoms with Crippen LogP contribution in [0.15, 0.2) is 48.5 Å². The molecule has 0 spiro atoms. The molecule has 2 aromatic carbocycles. The number of nitrogens with zero attached hydrogens (tertiary/aromatic N) is 1. The number of hydrogen-bond acceptors (Lipinski definition) is 2. The molecule has 1 amide bonds. The number of H-pyrrole nitrogens is 1. The highest BCUT2D eigenvalue weighted by molar-refractivity contribution is 5.86. The maximum absolute atomic E-state index is 13.1. The second-order valence-corrected chi connectivity index (χ2v) is 7.53. The third kappa shape index (κ3) is 5.53. The number of nitrogens with one attached hydrogen (secondary N) is 1. The van der Waals surface area contributed by atoms with Crippen LogP contribution in [0.3, 0.4) is 0 Å². The van der Waals surface area contributed by atoms with E-state index in [1.165, 1.54) is 10.9 Å². The Bertz CT molecular complexity index is 959. The molecule has 1 atom stereocenters. The summed E-state index contributed by atoms with van der Waals surface area (Å²) in [5.74, 6) is 1.08. The maximum Gasteiger partial charge on any atom is 0.223 e. The van der Waals surface area contributed by atoms with E-state index in [1.54, 1.807) is 7.11 Å². The number of ether oxygens (including phenoxy) is 1. The molecule has 1 N–H and O–H groups in total. The van der Waals surface area contributed by atoms with Crippen LogP contribution in [-0.2, 0) is 11.2 Å². The fourth-order valence-electron chi connectivity index (χ4n) is 4.31. The van der Waals surface area contributed by atoms with Crippen molar-refractivity contribution in [2.45, 2.75) is 72.8 Å². The van der Waals surface area contributed by atoms with Crippen molar-refractivity contribution in [3.8, 4) is 5.75 Å². The number of carbonyl (C=O) groups is 1. The van der Waals surface area contributed by atoms with Crippen molar-refractivity contribution in [3.05, 3.63) is 65.4 Å². The van der Waals surface area contributed by atoms with Crippen molar-refractivity contribution in [1.82, 2.24) is 9.88 Å². The molecule has 3 aromatic rings. The third-order valence-corrected chi connectivity index (χ3v) is 5.78. The highest BCUT2D eigenvalue weighted by atomic mass is 16.5. The van der Waals surface area contributed by atoms with Crippen LogP contribution in [0.2, 0.25) is 0 Å². The first-order valence-corrected chi connectivity index (χ1v) is 12.3.